The number of nitrogens with zero attached hydrogens (tertiary/aromatic N) is 3. The minimum atomic E-state index is -0.858. The molecule has 0 aromatic carbocycles. The largest absolute Gasteiger partial charge is 0.481 e. The average Bonchev–Trinajstić information content (AvgIpc) is 2.47. The molecule has 3 N–H and O–H groups in total. The zero-order valence-electron chi connectivity index (χ0n) is 8.30. The summed E-state index contributed by atoms with van der Waals surface area (Å²) in [5, 5.41) is 15.7. The average molecular weight is 212 g/mol. The van der Waals surface area contributed by atoms with Crippen molar-refractivity contribution in [3.8, 4) is 0 Å². The molecule has 0 aliphatic heterocycles. The predicted octanol–water partition coefficient (Wildman–Crippen LogP) is -0.450. The van der Waals surface area contributed by atoms with E-state index in [0.29, 0.717) is 18.7 Å². The number of carboxylic acids is 1. The van der Waals surface area contributed by atoms with Crippen LogP contribution in [0.3, 0.4) is 0 Å². The van der Waals surface area contributed by atoms with E-state index in [4.69, 9.17) is 10.8 Å². The molecule has 1 aromatic rings. The second-order valence-corrected chi connectivity index (χ2v) is 3.11. The molecule has 0 atom stereocenters. The summed E-state index contributed by atoms with van der Waals surface area (Å²) in [6, 6.07) is 0. The maximum absolute atomic E-state index is 10.8. The van der Waals surface area contributed by atoms with Crippen molar-refractivity contribution in [3.05, 3.63) is 11.4 Å². The first kappa shape index (κ1) is 11.2. The number of aliphatic carboxylic acids is 1. The molecule has 1 rings (SSSR count). The second kappa shape index (κ2) is 4.54. The van der Waals surface area contributed by atoms with Gasteiger partial charge in [0, 0.05) is 13.0 Å². The van der Waals surface area contributed by atoms with Gasteiger partial charge in [-0.3, -0.25) is 9.59 Å². The first-order valence-electron chi connectivity index (χ1n) is 4.44. The lowest BCUT2D eigenvalue weighted by atomic mass is 10.3. The topological polar surface area (TPSA) is 111 Å². The van der Waals surface area contributed by atoms with Crippen molar-refractivity contribution in [1.29, 1.82) is 0 Å². The van der Waals surface area contributed by atoms with Crippen molar-refractivity contribution >= 4 is 11.9 Å². The molecule has 7 heteroatoms. The van der Waals surface area contributed by atoms with Gasteiger partial charge in [-0.1, -0.05) is 5.21 Å². The summed E-state index contributed by atoms with van der Waals surface area (Å²) in [6.07, 6.45) is 0.503. The number of carboxylic acid groups (broad SMARTS) is 1. The highest BCUT2D eigenvalue weighted by Crippen LogP contribution is 2.04. The van der Waals surface area contributed by atoms with E-state index in [1.54, 1.807) is 6.92 Å². The second-order valence-electron chi connectivity index (χ2n) is 3.11. The highest BCUT2D eigenvalue weighted by Gasteiger charge is 2.12. The number of aromatic nitrogens is 3. The molecule has 0 spiro atoms. The van der Waals surface area contributed by atoms with Gasteiger partial charge < -0.3 is 10.8 Å². The van der Waals surface area contributed by atoms with Gasteiger partial charge in [0.1, 0.15) is 0 Å². The number of hydrogen-bond acceptors (Lipinski definition) is 4. The zero-order valence-corrected chi connectivity index (χ0v) is 8.30. The van der Waals surface area contributed by atoms with Gasteiger partial charge in [-0.05, 0) is 13.3 Å². The molecule has 0 aliphatic carbocycles. The lowest BCUT2D eigenvalue weighted by molar-refractivity contribution is -0.137. The fourth-order valence-electron chi connectivity index (χ4n) is 1.18. The molecule has 0 bridgehead atoms. The van der Waals surface area contributed by atoms with Gasteiger partial charge in [0.25, 0.3) is 5.91 Å². The van der Waals surface area contributed by atoms with Crippen LogP contribution in [0.5, 0.6) is 0 Å². The number of primary amides is 1. The van der Waals surface area contributed by atoms with Crippen LogP contribution in [0.1, 0.15) is 29.0 Å². The minimum Gasteiger partial charge on any atom is -0.481 e. The van der Waals surface area contributed by atoms with Crippen LogP contribution in [0.4, 0.5) is 0 Å². The molecular formula is C8H12N4O3. The molecule has 0 saturated carbocycles. The summed E-state index contributed by atoms with van der Waals surface area (Å²) in [5.74, 6) is -1.49. The first-order chi connectivity index (χ1) is 7.02. The Balaban J connectivity index is 2.63. The van der Waals surface area contributed by atoms with E-state index in [1.165, 1.54) is 4.68 Å². The predicted molar refractivity (Wildman–Crippen MR) is 50.1 cm³/mol. The summed E-state index contributed by atoms with van der Waals surface area (Å²) in [4.78, 5) is 21.1. The standard InChI is InChI=1S/C8H12N4O3/c1-5-7(8(9)15)10-11-12(5)4-2-3-6(13)14/h2-4H2,1H3,(H2,9,15)(H,13,14). The van der Waals surface area contributed by atoms with Crippen molar-refractivity contribution < 1.29 is 14.7 Å². The Kier molecular flexibility index (Phi) is 3.37. The lowest BCUT2D eigenvalue weighted by Crippen LogP contribution is -2.13. The molecule has 0 fully saturated rings. The molecule has 7 nitrogen and oxygen atoms in total. The normalized spacial score (nSPS) is 10.2. The van der Waals surface area contributed by atoms with Gasteiger partial charge >= 0.3 is 5.97 Å². The quantitative estimate of drug-likeness (QED) is 0.686. The molecule has 1 amide bonds. The number of carbonyl (C=O) groups excluding carboxylic acids is 1. The van der Waals surface area contributed by atoms with Crippen molar-refractivity contribution in [2.75, 3.05) is 0 Å². The Morgan fingerprint density at radius 3 is 2.67 bits per heavy atom. The van der Waals surface area contributed by atoms with E-state index in [0.717, 1.165) is 0 Å². The number of aryl methyl sites for hydroxylation is 1. The molecule has 0 aliphatic rings. The number of carbonyl (C=O) groups is 2. The van der Waals surface area contributed by atoms with Crippen molar-refractivity contribution in [3.63, 3.8) is 0 Å². The lowest BCUT2D eigenvalue weighted by Gasteiger charge is -2.00. The molecule has 15 heavy (non-hydrogen) atoms. The highest BCUT2D eigenvalue weighted by molar-refractivity contribution is 5.91. The molecular weight excluding hydrogens is 200 g/mol. The maximum atomic E-state index is 10.8. The Hall–Kier alpha value is -1.92. The van der Waals surface area contributed by atoms with E-state index >= 15 is 0 Å². The number of nitrogens with two attached hydrogens (primary N) is 1. The maximum Gasteiger partial charge on any atom is 0.303 e. The van der Waals surface area contributed by atoms with Crippen molar-refractivity contribution in [2.24, 2.45) is 5.73 Å². The Bertz CT molecular complexity index is 385. The van der Waals surface area contributed by atoms with Crippen LogP contribution in [0.15, 0.2) is 0 Å². The van der Waals surface area contributed by atoms with Crippen LogP contribution in [0.25, 0.3) is 0 Å². The van der Waals surface area contributed by atoms with Crippen LogP contribution >= 0.6 is 0 Å². The summed E-state index contributed by atoms with van der Waals surface area (Å²) in [6.45, 7) is 2.08. The van der Waals surface area contributed by atoms with E-state index in [9.17, 15) is 9.59 Å². The number of rotatable bonds is 5. The Morgan fingerprint density at radius 2 is 2.20 bits per heavy atom. The third kappa shape index (κ3) is 2.76. The molecule has 0 saturated heterocycles. The van der Waals surface area contributed by atoms with E-state index in [2.05, 4.69) is 10.3 Å². The van der Waals surface area contributed by atoms with E-state index < -0.39 is 11.9 Å². The zero-order chi connectivity index (χ0) is 11.4. The summed E-state index contributed by atoms with van der Waals surface area (Å²) in [7, 11) is 0. The fraction of sp³-hybridized carbons (Fsp3) is 0.500. The van der Waals surface area contributed by atoms with Gasteiger partial charge in [0.05, 0.1) is 5.69 Å². The third-order valence-electron chi connectivity index (χ3n) is 1.98. The summed E-state index contributed by atoms with van der Waals surface area (Å²) >= 11 is 0. The number of hydrogen-bond donors (Lipinski definition) is 2. The van der Waals surface area contributed by atoms with Gasteiger partial charge in [0.2, 0.25) is 0 Å². The van der Waals surface area contributed by atoms with Crippen LogP contribution in [-0.2, 0) is 11.3 Å². The molecule has 1 heterocycles. The monoisotopic (exact) mass is 212 g/mol. The van der Waals surface area contributed by atoms with Crippen molar-refractivity contribution in [2.45, 2.75) is 26.3 Å². The van der Waals surface area contributed by atoms with Gasteiger partial charge in [-0.15, -0.1) is 5.10 Å². The fourth-order valence-corrected chi connectivity index (χ4v) is 1.18. The smallest absolute Gasteiger partial charge is 0.303 e. The third-order valence-corrected chi connectivity index (χ3v) is 1.98. The molecule has 82 valence electrons. The minimum absolute atomic E-state index is 0.0607. The number of amides is 1. The SMILES string of the molecule is Cc1c(C(N)=O)nnn1CCCC(=O)O. The molecule has 0 unspecified atom stereocenters. The van der Waals surface area contributed by atoms with Crippen LogP contribution in [0, 0.1) is 6.92 Å². The van der Waals surface area contributed by atoms with Gasteiger partial charge in [-0.2, -0.15) is 0 Å². The first-order valence-corrected chi connectivity index (χ1v) is 4.44. The molecule has 1 aromatic heterocycles. The van der Waals surface area contributed by atoms with E-state index in [-0.39, 0.29) is 12.1 Å². The van der Waals surface area contributed by atoms with Crippen molar-refractivity contribution in [1.82, 2.24) is 15.0 Å². The summed E-state index contributed by atoms with van der Waals surface area (Å²) < 4.78 is 1.48. The summed E-state index contributed by atoms with van der Waals surface area (Å²) in [5.41, 5.74) is 5.75. The Morgan fingerprint density at radius 1 is 1.53 bits per heavy atom. The van der Waals surface area contributed by atoms with E-state index in [1.807, 2.05) is 0 Å². The Labute approximate surface area is 85.9 Å². The highest BCUT2D eigenvalue weighted by atomic mass is 16.4. The van der Waals surface area contributed by atoms with Crippen LogP contribution in [-0.4, -0.2) is 32.0 Å². The van der Waals surface area contributed by atoms with Crippen LogP contribution < -0.4 is 5.73 Å². The van der Waals surface area contributed by atoms with Gasteiger partial charge in [-0.25, -0.2) is 4.68 Å². The van der Waals surface area contributed by atoms with Gasteiger partial charge in [0.15, 0.2) is 5.69 Å². The van der Waals surface area contributed by atoms with Crippen LogP contribution in [0.2, 0.25) is 0 Å². The molecule has 0 radical (unpaired) electrons.